The molecule has 4 aromatic rings. The van der Waals surface area contributed by atoms with E-state index in [-0.39, 0.29) is 28.5 Å². The molecule has 0 aliphatic carbocycles. The molecule has 0 atom stereocenters. The third-order valence-electron chi connectivity index (χ3n) is 5.01. The van der Waals surface area contributed by atoms with Crippen molar-refractivity contribution in [2.24, 2.45) is 5.73 Å². The van der Waals surface area contributed by atoms with Crippen molar-refractivity contribution in [3.63, 3.8) is 0 Å². The zero-order valence-electron chi connectivity index (χ0n) is 17.0. The number of carbonyl (C=O) groups excluding carboxylic acids is 2. The highest BCUT2D eigenvalue weighted by molar-refractivity contribution is 6.14. The second-order valence-electron chi connectivity index (χ2n) is 7.10. The molecule has 2 aromatic heterocycles. The number of carbonyl (C=O) groups is 2. The van der Waals surface area contributed by atoms with Crippen molar-refractivity contribution in [3.8, 4) is 6.07 Å². The van der Waals surface area contributed by atoms with E-state index in [1.807, 2.05) is 6.07 Å². The van der Waals surface area contributed by atoms with Crippen molar-refractivity contribution < 1.29 is 14.0 Å². The van der Waals surface area contributed by atoms with Gasteiger partial charge in [-0.25, -0.2) is 9.37 Å². The highest BCUT2D eigenvalue weighted by Gasteiger charge is 2.21. The van der Waals surface area contributed by atoms with Gasteiger partial charge in [0.15, 0.2) is 5.69 Å². The standard InChI is InChI=1S/C23H17FN6O2/c1-13-21(20(11-25)29-30(13)12-14-6-8-15(24)9-7-14)28-23(32)17-10-19(22(26)31)27-18-5-3-2-4-16(17)18/h2-10H,12H2,1H3,(H2,26,31)(H,28,32). The van der Waals surface area contributed by atoms with Crippen LogP contribution in [0, 0.1) is 24.1 Å². The monoisotopic (exact) mass is 428 g/mol. The Labute approximate surface area is 182 Å². The lowest BCUT2D eigenvalue weighted by molar-refractivity contribution is 0.0996. The largest absolute Gasteiger partial charge is 0.364 e. The number of pyridine rings is 1. The second-order valence-corrected chi connectivity index (χ2v) is 7.10. The molecule has 0 bridgehead atoms. The molecule has 0 aliphatic heterocycles. The molecular formula is C23H17FN6O2. The first-order valence-electron chi connectivity index (χ1n) is 9.60. The van der Waals surface area contributed by atoms with Crippen LogP contribution in [0.1, 0.15) is 37.8 Å². The molecule has 158 valence electrons. The van der Waals surface area contributed by atoms with Crippen LogP contribution in [-0.4, -0.2) is 26.6 Å². The second kappa shape index (κ2) is 8.28. The summed E-state index contributed by atoms with van der Waals surface area (Å²) in [5.41, 5.74) is 7.58. The topological polar surface area (TPSA) is 127 Å². The molecule has 9 heteroatoms. The van der Waals surface area contributed by atoms with Gasteiger partial charge in [0.1, 0.15) is 23.3 Å². The number of fused-ring (bicyclic) bond motifs is 1. The van der Waals surface area contributed by atoms with E-state index in [0.717, 1.165) is 5.56 Å². The predicted molar refractivity (Wildman–Crippen MR) is 115 cm³/mol. The van der Waals surface area contributed by atoms with Crippen LogP contribution in [0.25, 0.3) is 10.9 Å². The minimum atomic E-state index is -0.759. The molecule has 2 amide bonds. The Balaban J connectivity index is 1.71. The van der Waals surface area contributed by atoms with Crippen LogP contribution < -0.4 is 11.1 Å². The summed E-state index contributed by atoms with van der Waals surface area (Å²) >= 11 is 0. The molecule has 3 N–H and O–H groups in total. The molecule has 0 radical (unpaired) electrons. The van der Waals surface area contributed by atoms with Crippen LogP contribution in [0.5, 0.6) is 0 Å². The Morgan fingerprint density at radius 3 is 2.59 bits per heavy atom. The van der Waals surface area contributed by atoms with E-state index < -0.39 is 11.8 Å². The summed E-state index contributed by atoms with van der Waals surface area (Å²) in [5, 5.41) is 17.1. The summed E-state index contributed by atoms with van der Waals surface area (Å²) in [6, 6.07) is 16.1. The Morgan fingerprint density at radius 2 is 1.91 bits per heavy atom. The zero-order valence-corrected chi connectivity index (χ0v) is 17.0. The maximum atomic E-state index is 13.2. The summed E-state index contributed by atoms with van der Waals surface area (Å²) in [6.45, 7) is 2.01. The highest BCUT2D eigenvalue weighted by Crippen LogP contribution is 2.24. The summed E-state index contributed by atoms with van der Waals surface area (Å²) in [4.78, 5) is 29.0. The third kappa shape index (κ3) is 3.89. The molecular weight excluding hydrogens is 411 g/mol. The number of amides is 2. The third-order valence-corrected chi connectivity index (χ3v) is 5.01. The van der Waals surface area contributed by atoms with Crippen LogP contribution >= 0.6 is 0 Å². The molecule has 0 saturated heterocycles. The van der Waals surface area contributed by atoms with Gasteiger partial charge in [-0.2, -0.15) is 10.4 Å². The molecule has 0 unspecified atom stereocenters. The van der Waals surface area contributed by atoms with Crippen LogP contribution in [0.3, 0.4) is 0 Å². The minimum absolute atomic E-state index is 0.0337. The minimum Gasteiger partial charge on any atom is -0.364 e. The zero-order chi connectivity index (χ0) is 22.8. The Hall–Kier alpha value is -4.58. The molecule has 0 fully saturated rings. The maximum absolute atomic E-state index is 13.2. The average molecular weight is 428 g/mol. The van der Waals surface area contributed by atoms with E-state index in [1.54, 1.807) is 48.0 Å². The first kappa shape index (κ1) is 20.7. The smallest absolute Gasteiger partial charge is 0.267 e. The van der Waals surface area contributed by atoms with E-state index in [1.165, 1.54) is 18.2 Å². The summed E-state index contributed by atoms with van der Waals surface area (Å²) < 4.78 is 14.7. The first-order valence-corrected chi connectivity index (χ1v) is 9.60. The predicted octanol–water partition coefficient (Wildman–Crippen LogP) is 3.15. The number of para-hydroxylation sites is 1. The molecule has 8 nitrogen and oxygen atoms in total. The number of hydrogen-bond donors (Lipinski definition) is 2. The van der Waals surface area contributed by atoms with E-state index in [9.17, 15) is 19.2 Å². The van der Waals surface area contributed by atoms with Crippen LogP contribution in [-0.2, 0) is 6.54 Å². The van der Waals surface area contributed by atoms with Gasteiger partial charge < -0.3 is 11.1 Å². The lowest BCUT2D eigenvalue weighted by Crippen LogP contribution is -2.18. The Bertz CT molecular complexity index is 1400. The number of nitrogens with one attached hydrogen (secondary N) is 1. The first-order chi connectivity index (χ1) is 15.4. The lowest BCUT2D eigenvalue weighted by atomic mass is 10.1. The fraction of sp³-hybridized carbons (Fsp3) is 0.0870. The maximum Gasteiger partial charge on any atom is 0.267 e. The fourth-order valence-electron chi connectivity index (χ4n) is 3.36. The normalized spacial score (nSPS) is 10.7. The summed E-state index contributed by atoms with van der Waals surface area (Å²) in [6.07, 6.45) is 0. The number of halogens is 1. The van der Waals surface area contributed by atoms with Gasteiger partial charge in [0, 0.05) is 5.39 Å². The van der Waals surface area contributed by atoms with Crippen LogP contribution in [0.4, 0.5) is 10.1 Å². The van der Waals surface area contributed by atoms with Gasteiger partial charge in [0.25, 0.3) is 11.8 Å². The van der Waals surface area contributed by atoms with E-state index in [0.29, 0.717) is 23.1 Å². The van der Waals surface area contributed by atoms with Crippen molar-refractivity contribution in [1.82, 2.24) is 14.8 Å². The van der Waals surface area contributed by atoms with Gasteiger partial charge in [-0.15, -0.1) is 0 Å². The number of nitrogens with zero attached hydrogens (tertiary/aromatic N) is 4. The number of nitrogens with two attached hydrogens (primary N) is 1. The van der Waals surface area contributed by atoms with Crippen molar-refractivity contribution in [2.75, 3.05) is 5.32 Å². The molecule has 32 heavy (non-hydrogen) atoms. The molecule has 2 heterocycles. The van der Waals surface area contributed by atoms with Crippen LogP contribution in [0.2, 0.25) is 0 Å². The van der Waals surface area contributed by atoms with Gasteiger partial charge in [0.05, 0.1) is 23.3 Å². The number of nitriles is 1. The van der Waals surface area contributed by atoms with Crippen molar-refractivity contribution in [1.29, 1.82) is 5.26 Å². The Kier molecular flexibility index (Phi) is 5.35. The lowest BCUT2D eigenvalue weighted by Gasteiger charge is -2.10. The van der Waals surface area contributed by atoms with Gasteiger partial charge in [0.2, 0.25) is 0 Å². The molecule has 4 rings (SSSR count). The number of primary amides is 1. The Morgan fingerprint density at radius 1 is 1.19 bits per heavy atom. The number of rotatable bonds is 5. The SMILES string of the molecule is Cc1c(NC(=O)c2cc(C(N)=O)nc3ccccc23)c(C#N)nn1Cc1ccc(F)cc1. The summed E-state index contributed by atoms with van der Waals surface area (Å²) in [7, 11) is 0. The molecule has 0 aliphatic rings. The van der Waals surface area contributed by atoms with E-state index in [4.69, 9.17) is 5.73 Å². The van der Waals surface area contributed by atoms with Crippen molar-refractivity contribution in [3.05, 3.63) is 88.6 Å². The fourth-order valence-corrected chi connectivity index (χ4v) is 3.36. The van der Waals surface area contributed by atoms with Gasteiger partial charge in [-0.3, -0.25) is 14.3 Å². The van der Waals surface area contributed by atoms with E-state index in [2.05, 4.69) is 15.4 Å². The molecule has 2 aromatic carbocycles. The van der Waals surface area contributed by atoms with Crippen molar-refractivity contribution >= 4 is 28.4 Å². The average Bonchev–Trinajstić information content (AvgIpc) is 3.08. The number of benzene rings is 2. The van der Waals surface area contributed by atoms with E-state index >= 15 is 0 Å². The van der Waals surface area contributed by atoms with Gasteiger partial charge >= 0.3 is 0 Å². The quantitative estimate of drug-likeness (QED) is 0.505. The number of anilines is 1. The molecule has 0 saturated carbocycles. The summed E-state index contributed by atoms with van der Waals surface area (Å²) in [5.74, 6) is -1.64. The molecule has 0 spiro atoms. The number of hydrogen-bond acceptors (Lipinski definition) is 5. The highest BCUT2D eigenvalue weighted by atomic mass is 19.1. The van der Waals surface area contributed by atoms with Crippen LogP contribution in [0.15, 0.2) is 54.6 Å². The van der Waals surface area contributed by atoms with Gasteiger partial charge in [-0.05, 0) is 36.8 Å². The van der Waals surface area contributed by atoms with Crippen molar-refractivity contribution in [2.45, 2.75) is 13.5 Å². The number of aromatic nitrogens is 3. The van der Waals surface area contributed by atoms with Gasteiger partial charge in [-0.1, -0.05) is 30.3 Å².